The highest BCUT2D eigenvalue weighted by molar-refractivity contribution is 5.82. The van der Waals surface area contributed by atoms with Gasteiger partial charge in [0.25, 0.3) is 0 Å². The van der Waals surface area contributed by atoms with E-state index in [1.165, 1.54) is 0 Å². The normalized spacial score (nSPS) is 22.0. The van der Waals surface area contributed by atoms with Gasteiger partial charge in [0.2, 0.25) is 5.91 Å². The van der Waals surface area contributed by atoms with Gasteiger partial charge in [-0.2, -0.15) is 0 Å². The molecule has 0 aromatic carbocycles. The van der Waals surface area contributed by atoms with E-state index in [0.29, 0.717) is 12.3 Å². The molecule has 0 aromatic rings. The molecule has 1 aliphatic heterocycles. The largest absolute Gasteiger partial charge is 0.352 e. The second-order valence-electron chi connectivity index (χ2n) is 5.75. The first-order chi connectivity index (χ1) is 8.52. The van der Waals surface area contributed by atoms with Gasteiger partial charge < -0.3 is 10.6 Å². The van der Waals surface area contributed by atoms with E-state index in [1.54, 1.807) is 0 Å². The molecule has 0 aliphatic carbocycles. The molecule has 0 saturated carbocycles. The van der Waals surface area contributed by atoms with Gasteiger partial charge in [-0.25, -0.2) is 0 Å². The van der Waals surface area contributed by atoms with Gasteiger partial charge in [-0.15, -0.1) is 12.3 Å². The van der Waals surface area contributed by atoms with Crippen molar-refractivity contribution in [3.05, 3.63) is 0 Å². The van der Waals surface area contributed by atoms with Crippen molar-refractivity contribution in [1.82, 2.24) is 10.6 Å². The number of rotatable bonds is 5. The van der Waals surface area contributed by atoms with Gasteiger partial charge >= 0.3 is 0 Å². The highest BCUT2D eigenvalue weighted by Crippen LogP contribution is 2.32. The first kappa shape index (κ1) is 15.0. The van der Waals surface area contributed by atoms with Gasteiger partial charge in [0.1, 0.15) is 0 Å². The number of nitrogens with one attached hydrogen (secondary N) is 2. The first-order valence-electron chi connectivity index (χ1n) is 6.97. The Bertz CT molecular complexity index is 311. The summed E-state index contributed by atoms with van der Waals surface area (Å²) < 4.78 is 0. The lowest BCUT2D eigenvalue weighted by Gasteiger charge is -2.36. The number of piperidine rings is 1. The van der Waals surface area contributed by atoms with E-state index in [9.17, 15) is 4.79 Å². The number of hydrogen-bond donors (Lipinski definition) is 2. The average molecular weight is 250 g/mol. The van der Waals surface area contributed by atoms with Crippen molar-refractivity contribution < 1.29 is 4.79 Å². The Kier molecular flexibility index (Phi) is 5.68. The van der Waals surface area contributed by atoms with Crippen molar-refractivity contribution in [3.8, 4) is 12.3 Å². The van der Waals surface area contributed by atoms with Gasteiger partial charge in [-0.3, -0.25) is 4.79 Å². The molecule has 1 fully saturated rings. The Morgan fingerprint density at radius 1 is 1.61 bits per heavy atom. The van der Waals surface area contributed by atoms with Crippen molar-refractivity contribution in [1.29, 1.82) is 0 Å². The molecule has 3 heteroatoms. The second-order valence-corrected chi connectivity index (χ2v) is 5.75. The van der Waals surface area contributed by atoms with E-state index in [4.69, 9.17) is 6.42 Å². The van der Waals surface area contributed by atoms with Crippen molar-refractivity contribution in [3.63, 3.8) is 0 Å². The van der Waals surface area contributed by atoms with Crippen LogP contribution >= 0.6 is 0 Å². The van der Waals surface area contributed by atoms with Crippen LogP contribution in [0.4, 0.5) is 0 Å². The quantitative estimate of drug-likeness (QED) is 0.732. The molecule has 0 aromatic heterocycles. The third kappa shape index (κ3) is 3.74. The molecule has 0 radical (unpaired) electrons. The van der Waals surface area contributed by atoms with Crippen LogP contribution < -0.4 is 10.6 Å². The molecule has 2 atom stereocenters. The van der Waals surface area contributed by atoms with Crippen LogP contribution in [0.1, 0.15) is 46.5 Å². The summed E-state index contributed by atoms with van der Waals surface area (Å²) in [4.78, 5) is 12.4. The molecule has 18 heavy (non-hydrogen) atoms. The lowest BCUT2D eigenvalue weighted by atomic mass is 9.74. The Labute approximate surface area is 111 Å². The van der Waals surface area contributed by atoms with Crippen LogP contribution in [-0.2, 0) is 4.79 Å². The Balaban J connectivity index is 2.60. The number of terminal acetylenes is 1. The highest BCUT2D eigenvalue weighted by Gasteiger charge is 2.37. The van der Waals surface area contributed by atoms with Gasteiger partial charge in [0.15, 0.2) is 0 Å². The highest BCUT2D eigenvalue weighted by atomic mass is 16.2. The Morgan fingerprint density at radius 3 is 2.83 bits per heavy atom. The summed E-state index contributed by atoms with van der Waals surface area (Å²) in [6.45, 7) is 8.15. The van der Waals surface area contributed by atoms with E-state index < -0.39 is 0 Å². The van der Waals surface area contributed by atoms with Crippen LogP contribution in [-0.4, -0.2) is 25.0 Å². The molecule has 1 aliphatic rings. The van der Waals surface area contributed by atoms with Crippen molar-refractivity contribution in [2.24, 2.45) is 11.3 Å². The third-order valence-electron chi connectivity index (χ3n) is 4.09. The van der Waals surface area contributed by atoms with E-state index in [1.807, 2.05) is 13.8 Å². The summed E-state index contributed by atoms with van der Waals surface area (Å²) in [6, 6.07) is 0.110. The number of amides is 1. The van der Waals surface area contributed by atoms with Crippen LogP contribution in [0, 0.1) is 23.7 Å². The molecule has 1 rings (SSSR count). The molecule has 102 valence electrons. The molecular weight excluding hydrogens is 224 g/mol. The van der Waals surface area contributed by atoms with Crippen LogP contribution in [0.25, 0.3) is 0 Å². The molecule has 0 bridgehead atoms. The Morgan fingerprint density at radius 2 is 2.33 bits per heavy atom. The van der Waals surface area contributed by atoms with Crippen molar-refractivity contribution in [2.75, 3.05) is 13.1 Å². The Hall–Kier alpha value is -1.01. The monoisotopic (exact) mass is 250 g/mol. The summed E-state index contributed by atoms with van der Waals surface area (Å²) in [7, 11) is 0. The number of carbonyl (C=O) groups excluding carboxylic acids is 1. The maximum atomic E-state index is 12.4. The van der Waals surface area contributed by atoms with E-state index >= 15 is 0 Å². The molecular formula is C15H26N2O. The minimum Gasteiger partial charge on any atom is -0.352 e. The van der Waals surface area contributed by atoms with Gasteiger partial charge in [-0.05, 0) is 38.3 Å². The van der Waals surface area contributed by atoms with E-state index in [2.05, 4.69) is 23.5 Å². The molecule has 3 nitrogen and oxygen atoms in total. The molecule has 2 N–H and O–H groups in total. The predicted octanol–water partition coefficient (Wildman–Crippen LogP) is 1.93. The standard InChI is InChI=1S/C15H26N2O/c1-5-8-13(6-2)17-14(18)15(3,4)12-9-7-10-16-11-12/h1,12-13,16H,6-11H2,2-4H3,(H,17,18). The summed E-state index contributed by atoms with van der Waals surface area (Å²) in [6.07, 6.45) is 9.10. The lowest BCUT2D eigenvalue weighted by molar-refractivity contribution is -0.133. The molecule has 1 amide bonds. The summed E-state index contributed by atoms with van der Waals surface area (Å²) >= 11 is 0. The maximum absolute atomic E-state index is 12.4. The zero-order valence-electron chi connectivity index (χ0n) is 11.9. The fraction of sp³-hybridized carbons (Fsp3) is 0.800. The van der Waals surface area contributed by atoms with Crippen molar-refractivity contribution >= 4 is 5.91 Å². The zero-order valence-corrected chi connectivity index (χ0v) is 11.9. The minimum atomic E-state index is -0.324. The van der Waals surface area contributed by atoms with Gasteiger partial charge in [-0.1, -0.05) is 20.8 Å². The maximum Gasteiger partial charge on any atom is 0.226 e. The number of hydrogen-bond acceptors (Lipinski definition) is 2. The van der Waals surface area contributed by atoms with Crippen LogP contribution in [0.15, 0.2) is 0 Å². The fourth-order valence-electron chi connectivity index (χ4n) is 2.46. The van der Waals surface area contributed by atoms with Crippen LogP contribution in [0.3, 0.4) is 0 Å². The fourth-order valence-corrected chi connectivity index (χ4v) is 2.46. The smallest absolute Gasteiger partial charge is 0.226 e. The van der Waals surface area contributed by atoms with E-state index in [0.717, 1.165) is 32.4 Å². The van der Waals surface area contributed by atoms with Crippen LogP contribution in [0.5, 0.6) is 0 Å². The zero-order chi connectivity index (χ0) is 13.6. The summed E-state index contributed by atoms with van der Waals surface area (Å²) in [5, 5.41) is 6.47. The minimum absolute atomic E-state index is 0.110. The summed E-state index contributed by atoms with van der Waals surface area (Å²) in [5.41, 5.74) is -0.324. The number of carbonyl (C=O) groups is 1. The predicted molar refractivity (Wildman–Crippen MR) is 75.0 cm³/mol. The first-order valence-corrected chi connectivity index (χ1v) is 6.97. The lowest BCUT2D eigenvalue weighted by Crippen LogP contribution is -2.49. The van der Waals surface area contributed by atoms with E-state index in [-0.39, 0.29) is 17.4 Å². The van der Waals surface area contributed by atoms with Crippen LogP contribution in [0.2, 0.25) is 0 Å². The van der Waals surface area contributed by atoms with Crippen molar-refractivity contribution in [2.45, 2.75) is 52.5 Å². The van der Waals surface area contributed by atoms with Gasteiger partial charge in [0, 0.05) is 17.9 Å². The SMILES string of the molecule is C#CCC(CC)NC(=O)C(C)(C)C1CCCNC1. The second kappa shape index (κ2) is 6.80. The third-order valence-corrected chi connectivity index (χ3v) is 4.09. The molecule has 2 unspecified atom stereocenters. The molecule has 1 saturated heterocycles. The average Bonchev–Trinajstić information content (AvgIpc) is 2.39. The van der Waals surface area contributed by atoms with Gasteiger partial charge in [0.05, 0.1) is 0 Å². The summed E-state index contributed by atoms with van der Waals surface area (Å²) in [5.74, 6) is 3.18. The molecule has 0 spiro atoms. The topological polar surface area (TPSA) is 41.1 Å². The molecule has 1 heterocycles.